The molecule has 3 saturated carbocycles. The zero-order valence-electron chi connectivity index (χ0n) is 18.0. The number of carbonyl (C=O) groups excluding carboxylic acids is 1. The first kappa shape index (κ1) is 19.7. The van der Waals surface area contributed by atoms with Gasteiger partial charge in [0.2, 0.25) is 0 Å². The minimum absolute atomic E-state index is 0.333. The summed E-state index contributed by atoms with van der Waals surface area (Å²) in [6.07, 6.45) is 15.4. The normalized spacial score (nSPS) is 49.0. The van der Waals surface area contributed by atoms with Crippen molar-refractivity contribution in [1.82, 2.24) is 0 Å². The largest absolute Gasteiger partial charge is 0.390 e. The van der Waals surface area contributed by atoms with E-state index in [9.17, 15) is 9.90 Å². The van der Waals surface area contributed by atoms with Crippen molar-refractivity contribution >= 4 is 5.78 Å². The van der Waals surface area contributed by atoms with Gasteiger partial charge in [-0.1, -0.05) is 25.5 Å². The van der Waals surface area contributed by atoms with Gasteiger partial charge < -0.3 is 9.90 Å². The monoisotopic (exact) mass is 372 g/mol. The van der Waals surface area contributed by atoms with Crippen molar-refractivity contribution in [1.29, 1.82) is 0 Å². The van der Waals surface area contributed by atoms with E-state index >= 15 is 0 Å². The molecular formula is C25H40O2. The van der Waals surface area contributed by atoms with Crippen LogP contribution in [0.25, 0.3) is 0 Å². The van der Waals surface area contributed by atoms with Crippen LogP contribution in [0.2, 0.25) is 0 Å². The van der Waals surface area contributed by atoms with Crippen molar-refractivity contribution in [2.24, 2.45) is 34.5 Å². The van der Waals surface area contributed by atoms with Crippen LogP contribution < -0.4 is 0 Å². The molecule has 1 N–H and O–H groups in total. The lowest BCUT2D eigenvalue weighted by Gasteiger charge is -2.59. The molecule has 7 atom stereocenters. The minimum Gasteiger partial charge on any atom is -0.390 e. The smallest absolute Gasteiger partial charge is 0.129 e. The van der Waals surface area contributed by atoms with Gasteiger partial charge >= 0.3 is 0 Å². The summed E-state index contributed by atoms with van der Waals surface area (Å²) in [6.45, 7) is 8.87. The Labute approximate surface area is 166 Å². The van der Waals surface area contributed by atoms with Crippen LogP contribution in [0.5, 0.6) is 0 Å². The summed E-state index contributed by atoms with van der Waals surface area (Å²) in [6, 6.07) is 0. The summed E-state index contributed by atoms with van der Waals surface area (Å²) in [5, 5.41) is 10.6. The number of fused-ring (bicyclic) bond motifs is 5. The molecule has 0 radical (unpaired) electrons. The van der Waals surface area contributed by atoms with E-state index in [0.717, 1.165) is 49.4 Å². The second-order valence-corrected chi connectivity index (χ2v) is 11.3. The van der Waals surface area contributed by atoms with E-state index in [1.54, 1.807) is 12.5 Å². The Morgan fingerprint density at radius 3 is 2.63 bits per heavy atom. The molecule has 0 saturated heterocycles. The molecule has 3 unspecified atom stereocenters. The average Bonchev–Trinajstić information content (AvgIpc) is 2.92. The molecule has 0 aliphatic heterocycles. The maximum atomic E-state index is 11.4. The van der Waals surface area contributed by atoms with Gasteiger partial charge in [0.15, 0.2) is 0 Å². The highest BCUT2D eigenvalue weighted by Gasteiger charge is 2.58. The van der Waals surface area contributed by atoms with Gasteiger partial charge in [-0.2, -0.15) is 0 Å². The van der Waals surface area contributed by atoms with E-state index in [1.165, 1.54) is 44.9 Å². The Bertz CT molecular complexity index is 632. The topological polar surface area (TPSA) is 37.3 Å². The fraction of sp³-hybridized carbons (Fsp3) is 0.880. The quantitative estimate of drug-likeness (QED) is 0.608. The third kappa shape index (κ3) is 3.24. The maximum absolute atomic E-state index is 11.4. The first-order valence-corrected chi connectivity index (χ1v) is 11.6. The number of aliphatic hydroxyl groups is 1. The molecule has 152 valence electrons. The summed E-state index contributed by atoms with van der Waals surface area (Å²) in [5.74, 6) is 3.72. The van der Waals surface area contributed by atoms with Crippen LogP contribution in [-0.4, -0.2) is 16.5 Å². The van der Waals surface area contributed by atoms with Crippen LogP contribution in [0.4, 0.5) is 0 Å². The van der Waals surface area contributed by atoms with Crippen LogP contribution in [-0.2, 0) is 4.79 Å². The van der Waals surface area contributed by atoms with Gasteiger partial charge in [0, 0.05) is 6.42 Å². The van der Waals surface area contributed by atoms with Crippen molar-refractivity contribution in [2.45, 2.75) is 104 Å². The summed E-state index contributed by atoms with van der Waals surface area (Å²) in [5.41, 5.74) is 1.91. The minimum atomic E-state index is -0.490. The predicted octanol–water partition coefficient (Wildman–Crippen LogP) is 6.08. The van der Waals surface area contributed by atoms with Gasteiger partial charge in [0.25, 0.3) is 0 Å². The second kappa shape index (κ2) is 6.71. The van der Waals surface area contributed by atoms with E-state index < -0.39 is 5.60 Å². The molecule has 2 nitrogen and oxygen atoms in total. The van der Waals surface area contributed by atoms with Crippen LogP contribution >= 0.6 is 0 Å². The van der Waals surface area contributed by atoms with E-state index in [1.807, 2.05) is 6.92 Å². The van der Waals surface area contributed by atoms with Gasteiger partial charge in [-0.05, 0) is 113 Å². The summed E-state index contributed by atoms with van der Waals surface area (Å²) >= 11 is 0. The number of rotatable bonds is 4. The number of ketones is 1. The highest BCUT2D eigenvalue weighted by atomic mass is 16.3. The second-order valence-electron chi connectivity index (χ2n) is 11.3. The highest BCUT2D eigenvalue weighted by Crippen LogP contribution is 2.67. The first-order chi connectivity index (χ1) is 12.7. The van der Waals surface area contributed by atoms with Crippen molar-refractivity contribution in [3.05, 3.63) is 11.6 Å². The molecule has 4 rings (SSSR count). The van der Waals surface area contributed by atoms with Crippen LogP contribution in [0.15, 0.2) is 11.6 Å². The van der Waals surface area contributed by atoms with Gasteiger partial charge in [0.05, 0.1) is 5.60 Å². The molecule has 27 heavy (non-hydrogen) atoms. The summed E-state index contributed by atoms with van der Waals surface area (Å²) < 4.78 is 0. The first-order valence-electron chi connectivity index (χ1n) is 11.6. The fourth-order valence-corrected chi connectivity index (χ4v) is 7.98. The maximum Gasteiger partial charge on any atom is 0.129 e. The Morgan fingerprint density at radius 1 is 1.11 bits per heavy atom. The Hall–Kier alpha value is -0.630. The third-order valence-corrected chi connectivity index (χ3v) is 9.66. The fourth-order valence-electron chi connectivity index (χ4n) is 7.98. The summed E-state index contributed by atoms with van der Waals surface area (Å²) in [4.78, 5) is 11.4. The SMILES string of the molecule is CC(=O)CCC[C@H]1CCC2C3CC=C4C[C@@](C)(O)CC[C@]4(C)C3CC[C@@]21C. The van der Waals surface area contributed by atoms with E-state index in [2.05, 4.69) is 19.9 Å². The molecule has 0 amide bonds. The third-order valence-electron chi connectivity index (χ3n) is 9.66. The van der Waals surface area contributed by atoms with Crippen molar-refractivity contribution in [3.63, 3.8) is 0 Å². The lowest BCUT2D eigenvalue weighted by Crippen LogP contribution is -2.51. The number of carbonyl (C=O) groups is 1. The Kier molecular flexibility index (Phi) is 4.89. The average molecular weight is 373 g/mol. The summed E-state index contributed by atoms with van der Waals surface area (Å²) in [7, 11) is 0. The molecule has 2 heteroatoms. The van der Waals surface area contributed by atoms with Crippen LogP contribution in [0.1, 0.15) is 98.3 Å². The molecule has 0 bridgehead atoms. The standard InChI is InChI=1S/C25H40O2/c1-17(26)6-5-7-18-9-11-21-20-10-8-19-16-23(2,27)14-15-25(19,4)22(20)12-13-24(18,21)3/h8,18,20-22,27H,5-7,9-16H2,1-4H3/t18-,20?,21?,22?,23-,24+,25-/m0/s1. The molecule has 3 fully saturated rings. The van der Waals surface area contributed by atoms with Gasteiger partial charge in [-0.15, -0.1) is 0 Å². The predicted molar refractivity (Wildman–Crippen MR) is 110 cm³/mol. The number of hydrogen-bond acceptors (Lipinski definition) is 2. The van der Waals surface area contributed by atoms with Crippen LogP contribution in [0.3, 0.4) is 0 Å². The molecule has 0 aromatic rings. The van der Waals surface area contributed by atoms with Gasteiger partial charge in [-0.25, -0.2) is 0 Å². The van der Waals surface area contributed by atoms with E-state index in [0.29, 0.717) is 16.6 Å². The number of allylic oxidation sites excluding steroid dienone is 1. The lowest BCUT2D eigenvalue weighted by atomic mass is 9.46. The van der Waals surface area contributed by atoms with E-state index in [4.69, 9.17) is 0 Å². The van der Waals surface area contributed by atoms with Crippen molar-refractivity contribution in [2.75, 3.05) is 0 Å². The van der Waals surface area contributed by atoms with Crippen molar-refractivity contribution < 1.29 is 9.90 Å². The van der Waals surface area contributed by atoms with Crippen molar-refractivity contribution in [3.8, 4) is 0 Å². The van der Waals surface area contributed by atoms with E-state index in [-0.39, 0.29) is 0 Å². The van der Waals surface area contributed by atoms with Crippen LogP contribution in [0, 0.1) is 34.5 Å². The molecule has 0 aromatic heterocycles. The van der Waals surface area contributed by atoms with Gasteiger partial charge in [-0.3, -0.25) is 0 Å². The molecule has 0 heterocycles. The zero-order chi connectivity index (χ0) is 19.4. The zero-order valence-corrected chi connectivity index (χ0v) is 18.0. The molecular weight excluding hydrogens is 332 g/mol. The Morgan fingerprint density at radius 2 is 1.89 bits per heavy atom. The molecule has 4 aliphatic rings. The highest BCUT2D eigenvalue weighted by molar-refractivity contribution is 5.75. The lowest BCUT2D eigenvalue weighted by molar-refractivity contribution is -0.117. The van der Waals surface area contributed by atoms with Gasteiger partial charge in [0.1, 0.15) is 5.78 Å². The Balaban J connectivity index is 1.52. The molecule has 0 spiro atoms. The molecule has 4 aliphatic carbocycles. The molecule has 0 aromatic carbocycles. The number of Topliss-reactive ketones (excluding diaryl/α,β-unsaturated/α-hetero) is 1. The number of hydrogen-bond donors (Lipinski definition) is 1.